The number of nitro groups is 1. The number of hydrogen-bond donors (Lipinski definition) is 1. The van der Waals surface area contributed by atoms with Gasteiger partial charge in [-0.05, 0) is 12.5 Å². The van der Waals surface area contributed by atoms with Crippen molar-refractivity contribution in [1.82, 2.24) is 10.2 Å². The number of rotatable bonds is 6. The molecule has 1 aromatic rings. The number of amides is 1. The Morgan fingerprint density at radius 2 is 2.35 bits per heavy atom. The molecule has 1 aromatic carbocycles. The maximum atomic E-state index is 11.8. The summed E-state index contributed by atoms with van der Waals surface area (Å²) in [5.41, 5.74) is 0.731. The Morgan fingerprint density at radius 1 is 1.55 bits per heavy atom. The molecule has 1 unspecified atom stereocenters. The van der Waals surface area contributed by atoms with E-state index in [9.17, 15) is 14.9 Å². The number of carbonyl (C=O) groups excluding carboxylic acids is 1. The maximum absolute atomic E-state index is 11.8. The molecule has 1 atom stereocenters. The lowest BCUT2D eigenvalue weighted by Gasteiger charge is -2.24. The van der Waals surface area contributed by atoms with Crippen LogP contribution in [0.2, 0.25) is 0 Å². The van der Waals surface area contributed by atoms with E-state index in [1.165, 1.54) is 12.1 Å². The van der Waals surface area contributed by atoms with E-state index >= 15 is 0 Å². The van der Waals surface area contributed by atoms with Gasteiger partial charge in [-0.1, -0.05) is 12.1 Å². The number of hydrogen-bond acceptors (Lipinski definition) is 5. The summed E-state index contributed by atoms with van der Waals surface area (Å²) in [4.78, 5) is 23.9. The summed E-state index contributed by atoms with van der Waals surface area (Å²) < 4.78 is 5.26. The van der Waals surface area contributed by atoms with Crippen molar-refractivity contribution in [3.8, 4) is 0 Å². The van der Waals surface area contributed by atoms with Crippen LogP contribution in [-0.2, 0) is 9.53 Å². The van der Waals surface area contributed by atoms with Crippen molar-refractivity contribution in [2.24, 2.45) is 0 Å². The smallest absolute Gasteiger partial charge is 0.269 e. The summed E-state index contributed by atoms with van der Waals surface area (Å²) in [5, 5.41) is 13.9. The normalized spacial score (nSPS) is 18.6. The van der Waals surface area contributed by atoms with Gasteiger partial charge in [0.25, 0.3) is 5.69 Å². The van der Waals surface area contributed by atoms with Crippen molar-refractivity contribution in [2.45, 2.75) is 13.1 Å². The molecule has 1 amide bonds. The van der Waals surface area contributed by atoms with Crippen molar-refractivity contribution in [3.63, 3.8) is 0 Å². The van der Waals surface area contributed by atoms with E-state index in [1.54, 1.807) is 17.0 Å². The molecule has 2 rings (SSSR count). The van der Waals surface area contributed by atoms with Crippen molar-refractivity contribution in [2.75, 3.05) is 26.3 Å². The average molecular weight is 279 g/mol. The monoisotopic (exact) mass is 279 g/mol. The standard InChI is InChI=1S/C13H17N3O4/c1-2-20-7-6-15-12(17)9-14-13(15)10-4-3-5-11(8-10)16(18)19/h3-5,8,13-14H,2,6-7,9H2,1H3. The number of benzene rings is 1. The first kappa shape index (κ1) is 14.4. The molecule has 7 heteroatoms. The van der Waals surface area contributed by atoms with Crippen LogP contribution in [0.4, 0.5) is 5.69 Å². The summed E-state index contributed by atoms with van der Waals surface area (Å²) in [5.74, 6) is -0.0267. The molecule has 0 radical (unpaired) electrons. The molecule has 0 spiro atoms. The van der Waals surface area contributed by atoms with E-state index in [0.717, 1.165) is 0 Å². The quantitative estimate of drug-likeness (QED) is 0.478. The zero-order valence-corrected chi connectivity index (χ0v) is 11.2. The van der Waals surface area contributed by atoms with E-state index < -0.39 is 4.92 Å². The first-order valence-corrected chi connectivity index (χ1v) is 6.48. The second-order valence-corrected chi connectivity index (χ2v) is 4.42. The van der Waals surface area contributed by atoms with E-state index in [4.69, 9.17) is 4.74 Å². The van der Waals surface area contributed by atoms with Crippen LogP contribution in [-0.4, -0.2) is 42.0 Å². The molecule has 1 aliphatic rings. The summed E-state index contributed by atoms with van der Waals surface area (Å²) in [6.45, 7) is 3.64. The Hall–Kier alpha value is -1.99. The van der Waals surface area contributed by atoms with Crippen molar-refractivity contribution < 1.29 is 14.5 Å². The zero-order valence-electron chi connectivity index (χ0n) is 11.2. The van der Waals surface area contributed by atoms with Gasteiger partial charge in [-0.25, -0.2) is 0 Å². The average Bonchev–Trinajstić information content (AvgIpc) is 2.81. The van der Waals surface area contributed by atoms with Gasteiger partial charge >= 0.3 is 0 Å². The van der Waals surface area contributed by atoms with Crippen LogP contribution in [0.5, 0.6) is 0 Å². The van der Waals surface area contributed by atoms with Crippen LogP contribution in [0.3, 0.4) is 0 Å². The first-order chi connectivity index (χ1) is 9.63. The van der Waals surface area contributed by atoms with E-state index in [-0.39, 0.29) is 24.3 Å². The van der Waals surface area contributed by atoms with Gasteiger partial charge in [0.2, 0.25) is 5.91 Å². The topological polar surface area (TPSA) is 84.7 Å². The zero-order chi connectivity index (χ0) is 14.5. The molecular weight excluding hydrogens is 262 g/mol. The number of nitro benzene ring substituents is 1. The predicted octanol–water partition coefficient (Wildman–Crippen LogP) is 1.06. The summed E-state index contributed by atoms with van der Waals surface area (Å²) in [6.07, 6.45) is -0.331. The van der Waals surface area contributed by atoms with Crippen molar-refractivity contribution >= 4 is 11.6 Å². The fourth-order valence-corrected chi connectivity index (χ4v) is 2.21. The van der Waals surface area contributed by atoms with E-state index in [0.29, 0.717) is 25.3 Å². The molecule has 0 aliphatic carbocycles. The number of carbonyl (C=O) groups is 1. The summed E-state index contributed by atoms with van der Waals surface area (Å²) in [7, 11) is 0. The molecule has 20 heavy (non-hydrogen) atoms. The molecule has 7 nitrogen and oxygen atoms in total. The highest BCUT2D eigenvalue weighted by molar-refractivity contribution is 5.81. The fourth-order valence-electron chi connectivity index (χ4n) is 2.21. The Bertz CT molecular complexity index is 506. The fraction of sp³-hybridized carbons (Fsp3) is 0.462. The minimum absolute atomic E-state index is 0.0217. The Balaban J connectivity index is 2.15. The SMILES string of the molecule is CCOCCN1C(=O)CNC1c1cccc([N+](=O)[O-])c1. The Kier molecular flexibility index (Phi) is 4.65. The number of nitrogens with zero attached hydrogens (tertiary/aromatic N) is 2. The van der Waals surface area contributed by atoms with Gasteiger partial charge in [0.15, 0.2) is 0 Å². The Labute approximate surface area is 116 Å². The lowest BCUT2D eigenvalue weighted by atomic mass is 10.1. The van der Waals surface area contributed by atoms with Gasteiger partial charge in [-0.2, -0.15) is 0 Å². The van der Waals surface area contributed by atoms with Crippen molar-refractivity contribution in [1.29, 1.82) is 0 Å². The molecule has 1 fully saturated rings. The molecule has 1 N–H and O–H groups in total. The lowest BCUT2D eigenvalue weighted by Crippen LogP contribution is -2.33. The highest BCUT2D eigenvalue weighted by atomic mass is 16.6. The third-order valence-electron chi connectivity index (χ3n) is 3.16. The van der Waals surface area contributed by atoms with Crippen LogP contribution in [0, 0.1) is 10.1 Å². The predicted molar refractivity (Wildman–Crippen MR) is 72.0 cm³/mol. The molecule has 1 heterocycles. The first-order valence-electron chi connectivity index (χ1n) is 6.48. The van der Waals surface area contributed by atoms with Crippen LogP contribution < -0.4 is 5.32 Å². The molecular formula is C13H17N3O4. The van der Waals surface area contributed by atoms with E-state index in [2.05, 4.69) is 5.32 Å². The van der Waals surface area contributed by atoms with Crippen LogP contribution >= 0.6 is 0 Å². The third kappa shape index (κ3) is 3.12. The molecule has 1 saturated heterocycles. The third-order valence-corrected chi connectivity index (χ3v) is 3.16. The Morgan fingerprint density at radius 3 is 3.05 bits per heavy atom. The molecule has 0 saturated carbocycles. The molecule has 1 aliphatic heterocycles. The molecule has 0 bridgehead atoms. The van der Waals surface area contributed by atoms with Gasteiger partial charge in [0, 0.05) is 25.3 Å². The molecule has 108 valence electrons. The second-order valence-electron chi connectivity index (χ2n) is 4.42. The van der Waals surface area contributed by atoms with Crippen molar-refractivity contribution in [3.05, 3.63) is 39.9 Å². The maximum Gasteiger partial charge on any atom is 0.269 e. The number of ether oxygens (including phenoxy) is 1. The summed E-state index contributed by atoms with van der Waals surface area (Å²) in [6, 6.07) is 6.32. The lowest BCUT2D eigenvalue weighted by molar-refractivity contribution is -0.385. The highest BCUT2D eigenvalue weighted by Crippen LogP contribution is 2.25. The second kappa shape index (κ2) is 6.44. The number of nitrogens with one attached hydrogen (secondary N) is 1. The molecule has 0 aromatic heterocycles. The number of non-ortho nitro benzene ring substituents is 1. The van der Waals surface area contributed by atoms with Gasteiger partial charge in [0.05, 0.1) is 18.1 Å². The summed E-state index contributed by atoms with van der Waals surface area (Å²) >= 11 is 0. The van der Waals surface area contributed by atoms with Gasteiger partial charge in [-0.3, -0.25) is 20.2 Å². The van der Waals surface area contributed by atoms with Gasteiger partial charge in [-0.15, -0.1) is 0 Å². The van der Waals surface area contributed by atoms with Gasteiger partial charge in [0.1, 0.15) is 6.17 Å². The van der Waals surface area contributed by atoms with Crippen LogP contribution in [0.15, 0.2) is 24.3 Å². The van der Waals surface area contributed by atoms with Gasteiger partial charge < -0.3 is 9.64 Å². The van der Waals surface area contributed by atoms with E-state index in [1.807, 2.05) is 6.92 Å². The largest absolute Gasteiger partial charge is 0.380 e. The minimum Gasteiger partial charge on any atom is -0.380 e. The van der Waals surface area contributed by atoms with Crippen LogP contribution in [0.1, 0.15) is 18.7 Å². The van der Waals surface area contributed by atoms with Crippen LogP contribution in [0.25, 0.3) is 0 Å². The minimum atomic E-state index is -0.440. The highest BCUT2D eigenvalue weighted by Gasteiger charge is 2.31.